The van der Waals surface area contributed by atoms with E-state index < -0.39 is 27.7 Å². The van der Waals surface area contributed by atoms with Gasteiger partial charge in [0.1, 0.15) is 12.3 Å². The Bertz CT molecular complexity index is 1130. The molecule has 9 heteroatoms. The van der Waals surface area contributed by atoms with Crippen molar-refractivity contribution in [2.24, 2.45) is 0 Å². The normalized spacial score (nSPS) is 18.6. The van der Waals surface area contributed by atoms with Crippen LogP contribution in [0.2, 0.25) is 0 Å². The second kappa shape index (κ2) is 7.98. The number of carbonyl (C=O) groups is 1. The highest BCUT2D eigenvalue weighted by molar-refractivity contribution is 7.93. The van der Waals surface area contributed by atoms with E-state index in [1.54, 1.807) is 19.9 Å². The number of nitrogens with zero attached hydrogens (tertiary/aromatic N) is 2. The van der Waals surface area contributed by atoms with Crippen LogP contribution in [-0.2, 0) is 25.9 Å². The van der Waals surface area contributed by atoms with Crippen LogP contribution in [0.4, 0.5) is 4.79 Å². The summed E-state index contributed by atoms with van der Waals surface area (Å²) in [5, 5.41) is 0. The summed E-state index contributed by atoms with van der Waals surface area (Å²) >= 11 is 1.13. The predicted molar refractivity (Wildman–Crippen MR) is 114 cm³/mol. The highest BCUT2D eigenvalue weighted by Gasteiger charge is 2.46. The average Bonchev–Trinajstić information content (AvgIpc) is 3.28. The van der Waals surface area contributed by atoms with Gasteiger partial charge >= 0.3 is 6.09 Å². The quantitative estimate of drug-likeness (QED) is 0.592. The number of carbonyl (C=O) groups excluding carboxylic acids is 1. The molecule has 2 aromatic carbocycles. The van der Waals surface area contributed by atoms with Crippen LogP contribution >= 0.6 is 11.3 Å². The molecule has 1 unspecified atom stereocenters. The van der Waals surface area contributed by atoms with E-state index in [0.29, 0.717) is 5.52 Å². The van der Waals surface area contributed by atoms with E-state index in [1.165, 1.54) is 4.90 Å². The summed E-state index contributed by atoms with van der Waals surface area (Å²) in [6.45, 7) is 3.66. The zero-order chi connectivity index (χ0) is 21.4. The summed E-state index contributed by atoms with van der Waals surface area (Å²) in [6.07, 6.45) is -0.606. The predicted octanol–water partition coefficient (Wildman–Crippen LogP) is 3.84. The Morgan fingerprint density at radius 1 is 1.20 bits per heavy atom. The maximum absolute atomic E-state index is 13.0. The molecule has 158 valence electrons. The lowest BCUT2D eigenvalue weighted by molar-refractivity contribution is -0.0485. The Kier molecular flexibility index (Phi) is 5.52. The number of hydrogen-bond donors (Lipinski definition) is 0. The van der Waals surface area contributed by atoms with Gasteiger partial charge < -0.3 is 9.47 Å². The van der Waals surface area contributed by atoms with Gasteiger partial charge in [-0.15, -0.1) is 11.3 Å². The van der Waals surface area contributed by atoms with E-state index in [4.69, 9.17) is 9.47 Å². The highest BCUT2D eigenvalue weighted by Crippen LogP contribution is 2.32. The third-order valence-electron chi connectivity index (χ3n) is 4.93. The smallest absolute Gasteiger partial charge is 0.412 e. The fourth-order valence-corrected chi connectivity index (χ4v) is 6.28. The van der Waals surface area contributed by atoms with Crippen molar-refractivity contribution in [3.63, 3.8) is 0 Å². The minimum atomic E-state index is -3.71. The first-order chi connectivity index (χ1) is 14.3. The maximum Gasteiger partial charge on any atom is 0.412 e. The molecule has 3 aromatic rings. The van der Waals surface area contributed by atoms with Crippen molar-refractivity contribution in [1.82, 2.24) is 9.88 Å². The molecule has 1 fully saturated rings. The second-order valence-electron chi connectivity index (χ2n) is 7.55. The zero-order valence-electron chi connectivity index (χ0n) is 16.6. The molecule has 1 aromatic heterocycles. The molecule has 1 atom stereocenters. The van der Waals surface area contributed by atoms with Crippen LogP contribution in [0.15, 0.2) is 58.9 Å². The number of rotatable bonds is 5. The highest BCUT2D eigenvalue weighted by atomic mass is 32.2. The molecule has 30 heavy (non-hydrogen) atoms. The molecule has 1 saturated heterocycles. The van der Waals surface area contributed by atoms with Crippen molar-refractivity contribution < 1.29 is 22.7 Å². The monoisotopic (exact) mass is 446 g/mol. The number of thiazole rings is 1. The Morgan fingerprint density at radius 2 is 1.90 bits per heavy atom. The molecule has 0 radical (unpaired) electrons. The van der Waals surface area contributed by atoms with Crippen LogP contribution in [0.1, 0.15) is 19.4 Å². The molecule has 2 heterocycles. The van der Waals surface area contributed by atoms with Crippen molar-refractivity contribution in [2.45, 2.75) is 36.6 Å². The van der Waals surface area contributed by atoms with Crippen molar-refractivity contribution in [1.29, 1.82) is 0 Å². The first kappa shape index (κ1) is 20.8. The van der Waals surface area contributed by atoms with E-state index in [1.807, 2.05) is 48.5 Å². The molecule has 7 nitrogen and oxygen atoms in total. The lowest BCUT2D eigenvalue weighted by Crippen LogP contribution is -2.50. The first-order valence-corrected chi connectivity index (χ1v) is 12.0. The molecule has 0 spiro atoms. The van der Waals surface area contributed by atoms with Crippen LogP contribution in [0.25, 0.3) is 10.2 Å². The van der Waals surface area contributed by atoms with Crippen molar-refractivity contribution >= 4 is 37.5 Å². The summed E-state index contributed by atoms with van der Waals surface area (Å²) in [5.41, 5.74) is 0.521. The number of hydrogen-bond acceptors (Lipinski definition) is 7. The van der Waals surface area contributed by atoms with Crippen molar-refractivity contribution in [3.8, 4) is 0 Å². The van der Waals surface area contributed by atoms with Crippen LogP contribution in [0.5, 0.6) is 0 Å². The summed E-state index contributed by atoms with van der Waals surface area (Å²) in [6, 6.07) is 15.9. The number of fused-ring (bicyclic) bond motifs is 1. The van der Waals surface area contributed by atoms with Gasteiger partial charge in [-0.3, -0.25) is 4.90 Å². The lowest BCUT2D eigenvalue weighted by atomic mass is 10.2. The number of ether oxygens (including phenoxy) is 2. The van der Waals surface area contributed by atoms with Gasteiger partial charge in [-0.1, -0.05) is 42.5 Å². The molecule has 4 rings (SSSR count). The van der Waals surface area contributed by atoms with Gasteiger partial charge in [-0.2, -0.15) is 0 Å². The fourth-order valence-electron chi connectivity index (χ4n) is 3.47. The maximum atomic E-state index is 13.0. The Balaban J connectivity index is 1.52. The minimum absolute atomic E-state index is 0.0472. The van der Waals surface area contributed by atoms with Gasteiger partial charge in [0, 0.05) is 0 Å². The number of amides is 1. The van der Waals surface area contributed by atoms with Crippen molar-refractivity contribution in [2.75, 3.05) is 12.4 Å². The summed E-state index contributed by atoms with van der Waals surface area (Å²) in [4.78, 5) is 18.5. The van der Waals surface area contributed by atoms with Crippen LogP contribution in [0, 0.1) is 0 Å². The van der Waals surface area contributed by atoms with Crippen LogP contribution < -0.4 is 0 Å². The standard InChI is InChI=1S/C21H22N2O5S2/c1-21(2)23(20(24)27-12-15-8-4-3-5-9-15)16(13-28-21)14-30(25,26)19-22-17-10-6-7-11-18(17)29-19/h3-11,16H,12-14H2,1-2H3. The van der Waals surface area contributed by atoms with Gasteiger partial charge in [0.15, 0.2) is 0 Å². The van der Waals surface area contributed by atoms with Gasteiger partial charge in [0.25, 0.3) is 0 Å². The molecular formula is C21H22N2O5S2. The molecule has 0 N–H and O–H groups in total. The summed E-state index contributed by atoms with van der Waals surface area (Å²) < 4.78 is 38.1. The fraction of sp³-hybridized carbons (Fsp3) is 0.333. The van der Waals surface area contributed by atoms with E-state index in [9.17, 15) is 13.2 Å². The molecule has 1 aliphatic rings. The second-order valence-corrected chi connectivity index (χ2v) is 10.8. The Hall–Kier alpha value is -2.49. The van der Waals surface area contributed by atoms with Gasteiger partial charge in [-0.25, -0.2) is 18.2 Å². The Labute approximate surface area is 179 Å². The van der Waals surface area contributed by atoms with Gasteiger partial charge in [-0.05, 0) is 31.5 Å². The average molecular weight is 447 g/mol. The summed E-state index contributed by atoms with van der Waals surface area (Å²) in [7, 11) is -3.71. The van der Waals surface area contributed by atoms with E-state index >= 15 is 0 Å². The number of sulfone groups is 1. The van der Waals surface area contributed by atoms with E-state index in [2.05, 4.69) is 4.98 Å². The zero-order valence-corrected chi connectivity index (χ0v) is 18.3. The molecule has 0 aliphatic carbocycles. The van der Waals surface area contributed by atoms with Gasteiger partial charge in [0.2, 0.25) is 14.2 Å². The molecule has 0 bridgehead atoms. The lowest BCUT2D eigenvalue weighted by Gasteiger charge is -2.32. The molecule has 0 saturated carbocycles. The third-order valence-corrected chi connectivity index (χ3v) is 8.22. The molecule has 1 aliphatic heterocycles. The van der Waals surface area contributed by atoms with Gasteiger partial charge in [0.05, 0.1) is 28.6 Å². The topological polar surface area (TPSA) is 85.8 Å². The van der Waals surface area contributed by atoms with Crippen molar-refractivity contribution in [3.05, 3.63) is 60.2 Å². The molecular weight excluding hydrogens is 424 g/mol. The van der Waals surface area contributed by atoms with E-state index in [0.717, 1.165) is 21.6 Å². The number of para-hydroxylation sites is 1. The Morgan fingerprint density at radius 3 is 2.63 bits per heavy atom. The van der Waals surface area contributed by atoms with Crippen LogP contribution in [0.3, 0.4) is 0 Å². The largest absolute Gasteiger partial charge is 0.444 e. The van der Waals surface area contributed by atoms with Crippen LogP contribution in [-0.4, -0.2) is 48.5 Å². The first-order valence-electron chi connectivity index (χ1n) is 9.48. The van der Waals surface area contributed by atoms with E-state index in [-0.39, 0.29) is 23.3 Å². The minimum Gasteiger partial charge on any atom is -0.444 e. The molecule has 1 amide bonds. The third kappa shape index (κ3) is 4.19. The number of benzene rings is 2. The number of aromatic nitrogens is 1. The summed E-state index contributed by atoms with van der Waals surface area (Å²) in [5.74, 6) is -0.281. The SMILES string of the molecule is CC1(C)OCC(CS(=O)(=O)c2nc3ccccc3s2)N1C(=O)OCc1ccccc1.